The first-order chi connectivity index (χ1) is 22.3. The number of methoxy groups -OCH3 is 1. The van der Waals surface area contributed by atoms with Crippen LogP contribution in [0.4, 0.5) is 11.6 Å². The SMILES string of the molecule is COc1cc(C2C(C(=O)Nc3cccc(C)c3C)=C(C)Nc3nc(SCc4ccccc4Cl)nn32)ccc1OCc1ccccc1. The molecule has 1 aliphatic rings. The van der Waals surface area contributed by atoms with Crippen LogP contribution in [0.25, 0.3) is 0 Å². The van der Waals surface area contributed by atoms with Gasteiger partial charge in [0.25, 0.3) is 5.91 Å². The summed E-state index contributed by atoms with van der Waals surface area (Å²) in [5, 5.41) is 12.6. The molecule has 10 heteroatoms. The molecule has 0 aliphatic carbocycles. The molecule has 0 saturated carbocycles. The molecule has 8 nitrogen and oxygen atoms in total. The summed E-state index contributed by atoms with van der Waals surface area (Å²) in [5.41, 5.74) is 6.89. The molecule has 0 bridgehead atoms. The fourth-order valence-corrected chi connectivity index (χ4v) is 6.45. The normalized spacial score (nSPS) is 14.0. The Kier molecular flexibility index (Phi) is 9.33. The van der Waals surface area contributed by atoms with E-state index in [1.807, 2.05) is 112 Å². The lowest BCUT2D eigenvalue weighted by Gasteiger charge is -2.29. The highest BCUT2D eigenvalue weighted by atomic mass is 35.5. The van der Waals surface area contributed by atoms with Crippen LogP contribution >= 0.6 is 23.4 Å². The Hall–Kier alpha value is -4.73. The second kappa shape index (κ2) is 13.7. The van der Waals surface area contributed by atoms with Gasteiger partial charge in [0.2, 0.25) is 11.1 Å². The first-order valence-corrected chi connectivity index (χ1v) is 16.2. The van der Waals surface area contributed by atoms with Crippen LogP contribution in [-0.2, 0) is 17.2 Å². The van der Waals surface area contributed by atoms with Crippen LogP contribution in [0.5, 0.6) is 11.5 Å². The third kappa shape index (κ3) is 6.61. The van der Waals surface area contributed by atoms with Crippen molar-refractivity contribution in [2.75, 3.05) is 17.7 Å². The molecular weight excluding hydrogens is 618 g/mol. The Balaban J connectivity index is 1.36. The number of benzene rings is 4. The molecule has 4 aromatic carbocycles. The van der Waals surface area contributed by atoms with Gasteiger partial charge in [-0.15, -0.1) is 5.10 Å². The van der Waals surface area contributed by atoms with E-state index in [1.165, 1.54) is 11.8 Å². The number of thioether (sulfide) groups is 1. The van der Waals surface area contributed by atoms with Crippen molar-refractivity contribution >= 4 is 40.9 Å². The van der Waals surface area contributed by atoms with Crippen LogP contribution in [0.2, 0.25) is 5.02 Å². The van der Waals surface area contributed by atoms with E-state index in [0.717, 1.165) is 33.5 Å². The van der Waals surface area contributed by atoms with E-state index in [-0.39, 0.29) is 5.91 Å². The number of rotatable bonds is 10. The molecule has 1 aromatic heterocycles. The van der Waals surface area contributed by atoms with Crippen LogP contribution < -0.4 is 20.1 Å². The molecule has 1 amide bonds. The first kappa shape index (κ1) is 31.3. The minimum absolute atomic E-state index is 0.238. The number of hydrogen-bond donors (Lipinski definition) is 2. The number of hydrogen-bond acceptors (Lipinski definition) is 7. The van der Waals surface area contributed by atoms with Gasteiger partial charge in [-0.1, -0.05) is 90.1 Å². The number of allylic oxidation sites excluding steroid dienone is 1. The van der Waals surface area contributed by atoms with Crippen LogP contribution in [0.3, 0.4) is 0 Å². The number of nitrogens with zero attached hydrogens (tertiary/aromatic N) is 3. The minimum Gasteiger partial charge on any atom is -0.493 e. The zero-order chi connectivity index (χ0) is 32.2. The lowest BCUT2D eigenvalue weighted by atomic mass is 9.94. The van der Waals surface area contributed by atoms with E-state index in [1.54, 1.807) is 11.8 Å². The van der Waals surface area contributed by atoms with Gasteiger partial charge in [-0.2, -0.15) is 4.98 Å². The molecule has 234 valence electrons. The van der Waals surface area contributed by atoms with Gasteiger partial charge in [0, 0.05) is 22.2 Å². The molecule has 1 atom stereocenters. The van der Waals surface area contributed by atoms with Crippen molar-refractivity contribution < 1.29 is 14.3 Å². The lowest BCUT2D eigenvalue weighted by Crippen LogP contribution is -2.31. The number of halogens is 1. The Morgan fingerprint density at radius 1 is 0.978 bits per heavy atom. The summed E-state index contributed by atoms with van der Waals surface area (Å²) in [6, 6.07) is 28.7. The minimum atomic E-state index is -0.597. The Labute approximate surface area is 277 Å². The lowest BCUT2D eigenvalue weighted by molar-refractivity contribution is -0.113. The second-order valence-corrected chi connectivity index (χ2v) is 12.3. The molecule has 46 heavy (non-hydrogen) atoms. The summed E-state index contributed by atoms with van der Waals surface area (Å²) in [4.78, 5) is 18.9. The van der Waals surface area contributed by atoms with Crippen molar-refractivity contribution in [2.45, 2.75) is 44.3 Å². The molecule has 0 saturated heterocycles. The van der Waals surface area contributed by atoms with Crippen molar-refractivity contribution in [1.29, 1.82) is 0 Å². The third-order valence-electron chi connectivity index (χ3n) is 7.99. The van der Waals surface area contributed by atoms with Crippen molar-refractivity contribution in [3.8, 4) is 11.5 Å². The summed E-state index contributed by atoms with van der Waals surface area (Å²) in [6.07, 6.45) is 0. The molecule has 1 unspecified atom stereocenters. The maximum atomic E-state index is 14.1. The Morgan fingerprint density at radius 3 is 2.54 bits per heavy atom. The zero-order valence-corrected chi connectivity index (χ0v) is 27.6. The molecule has 2 heterocycles. The fourth-order valence-electron chi connectivity index (χ4n) is 5.34. The molecule has 1 aliphatic heterocycles. The number of fused-ring (bicyclic) bond motifs is 1. The number of carbonyl (C=O) groups excluding carboxylic acids is 1. The van der Waals surface area contributed by atoms with E-state index in [9.17, 15) is 4.79 Å². The van der Waals surface area contributed by atoms with Gasteiger partial charge in [0.05, 0.1) is 12.7 Å². The second-order valence-electron chi connectivity index (χ2n) is 11.0. The van der Waals surface area contributed by atoms with Crippen molar-refractivity contribution in [2.24, 2.45) is 0 Å². The molecule has 0 spiro atoms. The molecule has 5 aromatic rings. The standard InChI is InChI=1S/C36H34ClN5O3S/c1-22-11-10-16-29(23(22)2)39-34(43)32-24(3)38-35-40-36(46-21-27-14-8-9-15-28(27)37)41-42(35)33(32)26-17-18-30(31(19-26)44-4)45-20-25-12-6-5-7-13-25/h5-19,33H,20-21H2,1-4H3,(H,39,43)(H,38,40,41). The topological polar surface area (TPSA) is 90.3 Å². The van der Waals surface area contributed by atoms with Crippen LogP contribution in [0, 0.1) is 13.8 Å². The molecule has 2 N–H and O–H groups in total. The van der Waals surface area contributed by atoms with E-state index < -0.39 is 6.04 Å². The van der Waals surface area contributed by atoms with Gasteiger partial charge in [0.15, 0.2) is 11.5 Å². The van der Waals surface area contributed by atoms with Crippen molar-refractivity contribution in [1.82, 2.24) is 14.8 Å². The highest BCUT2D eigenvalue weighted by Crippen LogP contribution is 2.40. The van der Waals surface area contributed by atoms with Gasteiger partial charge in [0.1, 0.15) is 12.6 Å². The van der Waals surface area contributed by atoms with E-state index >= 15 is 0 Å². The quantitative estimate of drug-likeness (QED) is 0.147. The Morgan fingerprint density at radius 2 is 1.76 bits per heavy atom. The van der Waals surface area contributed by atoms with Gasteiger partial charge >= 0.3 is 0 Å². The third-order valence-corrected chi connectivity index (χ3v) is 9.24. The van der Waals surface area contributed by atoms with Crippen LogP contribution in [0.1, 0.15) is 40.8 Å². The number of nitrogens with one attached hydrogen (secondary N) is 2. The van der Waals surface area contributed by atoms with E-state index in [4.69, 9.17) is 31.2 Å². The Bertz CT molecular complexity index is 1920. The van der Waals surface area contributed by atoms with Crippen LogP contribution in [-0.4, -0.2) is 27.8 Å². The van der Waals surface area contributed by atoms with Gasteiger partial charge in [-0.3, -0.25) is 4.79 Å². The maximum absolute atomic E-state index is 14.1. The number of anilines is 2. The summed E-state index contributed by atoms with van der Waals surface area (Å²) in [7, 11) is 1.61. The van der Waals surface area contributed by atoms with Gasteiger partial charge in [-0.25, -0.2) is 4.68 Å². The molecule has 0 radical (unpaired) electrons. The average Bonchev–Trinajstić information content (AvgIpc) is 3.47. The number of aromatic nitrogens is 3. The van der Waals surface area contributed by atoms with Gasteiger partial charge < -0.3 is 20.1 Å². The average molecular weight is 652 g/mol. The molecule has 6 rings (SSSR count). The number of carbonyl (C=O) groups is 1. The maximum Gasteiger partial charge on any atom is 0.255 e. The van der Waals surface area contributed by atoms with E-state index in [2.05, 4.69) is 10.6 Å². The van der Waals surface area contributed by atoms with E-state index in [0.29, 0.717) is 51.3 Å². The summed E-state index contributed by atoms with van der Waals surface area (Å²) in [6.45, 7) is 6.30. The molecule has 0 fully saturated rings. The largest absolute Gasteiger partial charge is 0.493 e. The smallest absolute Gasteiger partial charge is 0.255 e. The van der Waals surface area contributed by atoms with Crippen molar-refractivity contribution in [3.63, 3.8) is 0 Å². The van der Waals surface area contributed by atoms with Crippen molar-refractivity contribution in [3.05, 3.63) is 135 Å². The highest BCUT2D eigenvalue weighted by Gasteiger charge is 2.35. The predicted octanol–water partition coefficient (Wildman–Crippen LogP) is 8.36. The molecular formula is C36H34ClN5O3S. The predicted molar refractivity (Wildman–Crippen MR) is 184 cm³/mol. The monoisotopic (exact) mass is 651 g/mol. The fraction of sp³-hybridized carbons (Fsp3) is 0.194. The summed E-state index contributed by atoms with van der Waals surface area (Å²) >= 11 is 7.89. The number of amides is 1. The number of aryl methyl sites for hydroxylation is 1. The number of ether oxygens (including phenoxy) is 2. The highest BCUT2D eigenvalue weighted by molar-refractivity contribution is 7.98. The zero-order valence-electron chi connectivity index (χ0n) is 26.0. The first-order valence-electron chi connectivity index (χ1n) is 14.8. The summed E-state index contributed by atoms with van der Waals surface area (Å²) in [5.74, 6) is 2.05. The summed E-state index contributed by atoms with van der Waals surface area (Å²) < 4.78 is 13.7. The van der Waals surface area contributed by atoms with Gasteiger partial charge in [-0.05, 0) is 72.9 Å². The van der Waals surface area contributed by atoms with Crippen LogP contribution in [0.15, 0.2) is 107 Å².